The predicted octanol–water partition coefficient (Wildman–Crippen LogP) is 4.15. The Hall–Kier alpha value is -1.51. The van der Waals surface area contributed by atoms with Crippen LogP contribution in [0, 0.1) is 0 Å². The monoisotopic (exact) mass is 247 g/mol. The highest BCUT2D eigenvalue weighted by atomic mass is 35.5. The largest absolute Gasteiger partial charge is 0.457 e. The fourth-order valence-electron chi connectivity index (χ4n) is 1.53. The van der Waals surface area contributed by atoms with Crippen molar-refractivity contribution >= 4 is 11.6 Å². The van der Waals surface area contributed by atoms with E-state index in [1.807, 2.05) is 49.4 Å². The maximum absolute atomic E-state index is 5.89. The highest BCUT2D eigenvalue weighted by molar-refractivity contribution is 6.30. The van der Waals surface area contributed by atoms with E-state index in [4.69, 9.17) is 22.1 Å². The molecule has 2 N–H and O–H groups in total. The Balaban J connectivity index is 2.21. The van der Waals surface area contributed by atoms with Crippen molar-refractivity contribution in [3.8, 4) is 11.5 Å². The van der Waals surface area contributed by atoms with Crippen molar-refractivity contribution in [1.29, 1.82) is 0 Å². The van der Waals surface area contributed by atoms with Crippen LogP contribution < -0.4 is 10.5 Å². The molecule has 88 valence electrons. The summed E-state index contributed by atoms with van der Waals surface area (Å²) in [6.07, 6.45) is 0. The summed E-state index contributed by atoms with van der Waals surface area (Å²) in [7, 11) is 0. The van der Waals surface area contributed by atoms with Gasteiger partial charge in [0.2, 0.25) is 0 Å². The average Bonchev–Trinajstić information content (AvgIpc) is 2.29. The molecule has 0 saturated heterocycles. The molecule has 0 aliphatic heterocycles. The minimum atomic E-state index is -0.00193. The number of benzene rings is 2. The summed E-state index contributed by atoms with van der Waals surface area (Å²) >= 11 is 5.89. The van der Waals surface area contributed by atoms with Crippen molar-refractivity contribution in [3.05, 3.63) is 59.1 Å². The quantitative estimate of drug-likeness (QED) is 0.884. The van der Waals surface area contributed by atoms with Gasteiger partial charge in [0, 0.05) is 11.1 Å². The summed E-state index contributed by atoms with van der Waals surface area (Å²) in [4.78, 5) is 0. The molecule has 0 spiro atoms. The molecule has 0 aliphatic carbocycles. The van der Waals surface area contributed by atoms with E-state index in [2.05, 4.69) is 0 Å². The molecular formula is C14H14ClNO. The normalized spacial score (nSPS) is 12.2. The maximum Gasteiger partial charge on any atom is 0.128 e. The molecular weight excluding hydrogens is 234 g/mol. The molecule has 2 aromatic carbocycles. The van der Waals surface area contributed by atoms with Crippen molar-refractivity contribution < 1.29 is 4.74 Å². The van der Waals surface area contributed by atoms with Crippen LogP contribution in [0.5, 0.6) is 11.5 Å². The molecule has 0 aliphatic rings. The standard InChI is InChI=1S/C14H14ClNO/c1-10(16)11-4-2-6-13(8-11)17-14-7-3-5-12(15)9-14/h2-10H,16H2,1H3. The summed E-state index contributed by atoms with van der Waals surface area (Å²) in [6.45, 7) is 1.94. The first-order valence-corrected chi connectivity index (χ1v) is 5.82. The minimum Gasteiger partial charge on any atom is -0.457 e. The van der Waals surface area contributed by atoms with Gasteiger partial charge in [-0.2, -0.15) is 0 Å². The van der Waals surface area contributed by atoms with Gasteiger partial charge in [0.05, 0.1) is 0 Å². The van der Waals surface area contributed by atoms with Crippen LogP contribution in [0.25, 0.3) is 0 Å². The second kappa shape index (κ2) is 5.21. The number of ether oxygens (including phenoxy) is 1. The Labute approximate surface area is 106 Å². The lowest BCUT2D eigenvalue weighted by Gasteiger charge is -2.09. The first-order valence-electron chi connectivity index (χ1n) is 5.44. The smallest absolute Gasteiger partial charge is 0.128 e. The van der Waals surface area contributed by atoms with Gasteiger partial charge in [-0.25, -0.2) is 0 Å². The zero-order valence-corrected chi connectivity index (χ0v) is 10.3. The van der Waals surface area contributed by atoms with Crippen molar-refractivity contribution in [1.82, 2.24) is 0 Å². The van der Waals surface area contributed by atoms with E-state index in [-0.39, 0.29) is 6.04 Å². The molecule has 2 rings (SSSR count). The summed E-state index contributed by atoms with van der Waals surface area (Å²) in [5, 5.41) is 0.658. The van der Waals surface area contributed by atoms with Gasteiger partial charge in [-0.05, 0) is 42.8 Å². The van der Waals surface area contributed by atoms with Crippen LogP contribution >= 0.6 is 11.6 Å². The Morgan fingerprint density at radius 3 is 2.35 bits per heavy atom. The topological polar surface area (TPSA) is 35.2 Å². The third-order valence-corrected chi connectivity index (χ3v) is 2.65. The zero-order chi connectivity index (χ0) is 12.3. The molecule has 0 radical (unpaired) electrons. The Morgan fingerprint density at radius 2 is 1.71 bits per heavy atom. The summed E-state index contributed by atoms with van der Waals surface area (Å²) < 4.78 is 5.71. The molecule has 0 bridgehead atoms. The van der Waals surface area contributed by atoms with E-state index in [1.54, 1.807) is 6.07 Å². The molecule has 3 heteroatoms. The number of hydrogen-bond acceptors (Lipinski definition) is 2. The van der Waals surface area contributed by atoms with Crippen molar-refractivity contribution in [2.75, 3.05) is 0 Å². The first-order chi connectivity index (χ1) is 8.15. The zero-order valence-electron chi connectivity index (χ0n) is 9.56. The van der Waals surface area contributed by atoms with Crippen LogP contribution in [0.15, 0.2) is 48.5 Å². The molecule has 17 heavy (non-hydrogen) atoms. The van der Waals surface area contributed by atoms with Gasteiger partial charge < -0.3 is 10.5 Å². The SMILES string of the molecule is CC(N)c1cccc(Oc2cccc(Cl)c2)c1. The van der Waals surface area contributed by atoms with E-state index < -0.39 is 0 Å². The molecule has 0 heterocycles. The van der Waals surface area contributed by atoms with Crippen LogP contribution in [-0.4, -0.2) is 0 Å². The van der Waals surface area contributed by atoms with E-state index in [9.17, 15) is 0 Å². The number of rotatable bonds is 3. The van der Waals surface area contributed by atoms with Gasteiger partial charge in [-0.15, -0.1) is 0 Å². The van der Waals surface area contributed by atoms with E-state index >= 15 is 0 Å². The molecule has 0 amide bonds. The number of nitrogens with two attached hydrogens (primary N) is 1. The Morgan fingerprint density at radius 1 is 1.06 bits per heavy atom. The van der Waals surface area contributed by atoms with Crippen LogP contribution in [0.4, 0.5) is 0 Å². The van der Waals surface area contributed by atoms with Gasteiger partial charge >= 0.3 is 0 Å². The second-order valence-electron chi connectivity index (χ2n) is 3.92. The van der Waals surface area contributed by atoms with E-state index in [0.717, 1.165) is 17.1 Å². The van der Waals surface area contributed by atoms with Crippen LogP contribution in [0.3, 0.4) is 0 Å². The Bertz CT molecular complexity index is 511. The van der Waals surface area contributed by atoms with Gasteiger partial charge in [-0.1, -0.05) is 29.8 Å². The highest BCUT2D eigenvalue weighted by Crippen LogP contribution is 2.25. The molecule has 1 atom stereocenters. The lowest BCUT2D eigenvalue weighted by Crippen LogP contribution is -2.04. The predicted molar refractivity (Wildman–Crippen MR) is 70.6 cm³/mol. The van der Waals surface area contributed by atoms with E-state index in [1.165, 1.54) is 0 Å². The molecule has 0 aromatic heterocycles. The third-order valence-electron chi connectivity index (χ3n) is 2.42. The fraction of sp³-hybridized carbons (Fsp3) is 0.143. The molecule has 2 nitrogen and oxygen atoms in total. The molecule has 1 unspecified atom stereocenters. The lowest BCUT2D eigenvalue weighted by atomic mass is 10.1. The fourth-order valence-corrected chi connectivity index (χ4v) is 1.71. The van der Waals surface area contributed by atoms with Gasteiger partial charge in [0.15, 0.2) is 0 Å². The second-order valence-corrected chi connectivity index (χ2v) is 4.36. The van der Waals surface area contributed by atoms with Crippen molar-refractivity contribution in [3.63, 3.8) is 0 Å². The van der Waals surface area contributed by atoms with Gasteiger partial charge in [-0.3, -0.25) is 0 Å². The van der Waals surface area contributed by atoms with Crippen LogP contribution in [0.2, 0.25) is 5.02 Å². The molecule has 0 fully saturated rings. The molecule has 2 aromatic rings. The number of halogens is 1. The van der Waals surface area contributed by atoms with Gasteiger partial charge in [0.1, 0.15) is 11.5 Å². The minimum absolute atomic E-state index is 0.00193. The highest BCUT2D eigenvalue weighted by Gasteiger charge is 2.02. The Kier molecular flexibility index (Phi) is 3.67. The maximum atomic E-state index is 5.89. The van der Waals surface area contributed by atoms with Gasteiger partial charge in [0.25, 0.3) is 0 Å². The number of hydrogen-bond donors (Lipinski definition) is 1. The van der Waals surface area contributed by atoms with Crippen molar-refractivity contribution in [2.24, 2.45) is 5.73 Å². The van der Waals surface area contributed by atoms with Crippen LogP contribution in [0.1, 0.15) is 18.5 Å². The summed E-state index contributed by atoms with van der Waals surface area (Å²) in [6, 6.07) is 15.1. The van der Waals surface area contributed by atoms with Crippen LogP contribution in [-0.2, 0) is 0 Å². The summed E-state index contributed by atoms with van der Waals surface area (Å²) in [5.74, 6) is 1.49. The van der Waals surface area contributed by atoms with Crippen molar-refractivity contribution in [2.45, 2.75) is 13.0 Å². The third kappa shape index (κ3) is 3.22. The average molecular weight is 248 g/mol. The summed E-state index contributed by atoms with van der Waals surface area (Å²) in [5.41, 5.74) is 6.87. The lowest BCUT2D eigenvalue weighted by molar-refractivity contribution is 0.481. The molecule has 0 saturated carbocycles. The van der Waals surface area contributed by atoms with E-state index in [0.29, 0.717) is 5.02 Å². The first kappa shape index (κ1) is 12.0.